The van der Waals surface area contributed by atoms with E-state index in [1.54, 1.807) is 6.26 Å². The lowest BCUT2D eigenvalue weighted by atomic mass is 10.2. The number of nitrogens with one attached hydrogen (secondary N) is 2. The molecule has 2 N–H and O–H groups in total. The molecule has 0 amide bonds. The normalized spacial score (nSPS) is 21.1. The summed E-state index contributed by atoms with van der Waals surface area (Å²) in [7, 11) is 5.95. The van der Waals surface area contributed by atoms with Crippen molar-refractivity contribution in [2.24, 2.45) is 4.99 Å². The van der Waals surface area contributed by atoms with Crippen LogP contribution in [0, 0.1) is 0 Å². The third-order valence-corrected chi connectivity index (χ3v) is 5.45. The van der Waals surface area contributed by atoms with E-state index in [1.165, 1.54) is 5.56 Å². The van der Waals surface area contributed by atoms with Gasteiger partial charge >= 0.3 is 0 Å². The summed E-state index contributed by atoms with van der Waals surface area (Å²) in [6.07, 6.45) is 2.84. The Hall–Kier alpha value is -1.58. The second-order valence-corrected chi connectivity index (χ2v) is 7.79. The number of furan rings is 1. The van der Waals surface area contributed by atoms with Gasteiger partial charge in [-0.15, -0.1) is 24.0 Å². The Morgan fingerprint density at radius 2 is 2.00 bits per heavy atom. The fourth-order valence-electron chi connectivity index (χ4n) is 3.84. The molecule has 1 aromatic heterocycles. The van der Waals surface area contributed by atoms with Gasteiger partial charge in [-0.2, -0.15) is 0 Å². The topological polar surface area (TPSA) is 56.0 Å². The number of rotatable bonds is 7. The third-order valence-electron chi connectivity index (χ3n) is 5.45. The van der Waals surface area contributed by atoms with Crippen LogP contribution in [0.2, 0.25) is 0 Å². The van der Waals surface area contributed by atoms with Crippen LogP contribution in [0.4, 0.5) is 0 Å². The predicted molar refractivity (Wildman–Crippen MR) is 130 cm³/mol. The van der Waals surface area contributed by atoms with Crippen LogP contribution in [0.5, 0.6) is 0 Å². The minimum atomic E-state index is 0. The van der Waals surface area contributed by atoms with Gasteiger partial charge < -0.3 is 15.1 Å². The van der Waals surface area contributed by atoms with E-state index in [-0.39, 0.29) is 30.0 Å². The van der Waals surface area contributed by atoms with Crippen LogP contribution >= 0.6 is 24.0 Å². The first-order chi connectivity index (χ1) is 13.6. The van der Waals surface area contributed by atoms with Crippen LogP contribution in [-0.2, 0) is 6.54 Å². The van der Waals surface area contributed by atoms with Crippen LogP contribution in [0.3, 0.4) is 0 Å². The maximum Gasteiger partial charge on any atom is 0.191 e. The van der Waals surface area contributed by atoms with E-state index in [9.17, 15) is 0 Å². The molecule has 3 atom stereocenters. The number of hydrogen-bond acceptors (Lipinski definition) is 4. The predicted octanol–water partition coefficient (Wildman–Crippen LogP) is 3.33. The molecular weight excluding hydrogens is 477 g/mol. The summed E-state index contributed by atoms with van der Waals surface area (Å²) < 4.78 is 5.59. The molecule has 2 aromatic rings. The highest BCUT2D eigenvalue weighted by atomic mass is 127. The molecule has 2 heterocycles. The summed E-state index contributed by atoms with van der Waals surface area (Å²) in [5.74, 6) is 1.80. The number of hydrogen-bond donors (Lipinski definition) is 2. The second-order valence-electron chi connectivity index (χ2n) is 7.79. The zero-order chi connectivity index (χ0) is 19.9. The summed E-state index contributed by atoms with van der Waals surface area (Å²) in [5.41, 5.74) is 1.37. The minimum absolute atomic E-state index is 0. The van der Waals surface area contributed by atoms with Crippen LogP contribution in [-0.4, -0.2) is 62.1 Å². The van der Waals surface area contributed by atoms with E-state index < -0.39 is 0 Å². The summed E-state index contributed by atoms with van der Waals surface area (Å²) >= 11 is 0. The number of benzene rings is 1. The molecule has 0 radical (unpaired) electrons. The molecular formula is C22H34IN5O. The Morgan fingerprint density at radius 3 is 2.62 bits per heavy atom. The first kappa shape index (κ1) is 23.7. The Balaban J connectivity index is 0.00000300. The maximum absolute atomic E-state index is 5.59. The molecule has 0 bridgehead atoms. The average molecular weight is 511 g/mol. The summed E-state index contributed by atoms with van der Waals surface area (Å²) in [5, 5.41) is 7.06. The van der Waals surface area contributed by atoms with Crippen molar-refractivity contribution in [1.82, 2.24) is 20.4 Å². The molecule has 1 aliphatic heterocycles. The van der Waals surface area contributed by atoms with Crippen LogP contribution in [0.1, 0.15) is 30.7 Å². The van der Waals surface area contributed by atoms with Crippen molar-refractivity contribution in [3.63, 3.8) is 0 Å². The maximum atomic E-state index is 5.59. The lowest BCUT2D eigenvalue weighted by Crippen LogP contribution is -2.46. The average Bonchev–Trinajstić information content (AvgIpc) is 3.32. The Labute approximate surface area is 191 Å². The van der Waals surface area contributed by atoms with Crippen LogP contribution < -0.4 is 10.6 Å². The van der Waals surface area contributed by atoms with Gasteiger partial charge in [0.25, 0.3) is 0 Å². The zero-order valence-corrected chi connectivity index (χ0v) is 20.2. The molecule has 6 nitrogen and oxygen atoms in total. The SMILES string of the molecule is CN=C(NCC(c1ccco1)N(C)C)NC1CC(C)N(Cc2ccccc2)C1.I. The fourth-order valence-corrected chi connectivity index (χ4v) is 3.84. The van der Waals surface area contributed by atoms with E-state index in [0.29, 0.717) is 12.1 Å². The van der Waals surface area contributed by atoms with Gasteiger partial charge in [-0.05, 0) is 45.1 Å². The molecule has 3 unspecified atom stereocenters. The quantitative estimate of drug-likeness (QED) is 0.340. The number of guanidine groups is 1. The third kappa shape index (κ3) is 6.72. The highest BCUT2D eigenvalue weighted by Crippen LogP contribution is 2.20. The summed E-state index contributed by atoms with van der Waals surface area (Å²) in [6.45, 7) is 5.05. The van der Waals surface area contributed by atoms with Crippen molar-refractivity contribution in [1.29, 1.82) is 0 Å². The van der Waals surface area contributed by atoms with Gasteiger partial charge in [-0.3, -0.25) is 14.8 Å². The first-order valence-electron chi connectivity index (χ1n) is 10.0. The Morgan fingerprint density at radius 1 is 1.24 bits per heavy atom. The lowest BCUT2D eigenvalue weighted by Gasteiger charge is -2.25. The van der Waals surface area contributed by atoms with Crippen LogP contribution in [0.15, 0.2) is 58.1 Å². The molecule has 0 saturated carbocycles. The molecule has 7 heteroatoms. The molecule has 1 aromatic carbocycles. The van der Waals surface area contributed by atoms with Gasteiger partial charge in [0, 0.05) is 38.8 Å². The zero-order valence-electron chi connectivity index (χ0n) is 17.8. The van der Waals surface area contributed by atoms with E-state index in [2.05, 4.69) is 76.8 Å². The monoisotopic (exact) mass is 511 g/mol. The molecule has 1 saturated heterocycles. The molecule has 160 valence electrons. The fraction of sp³-hybridized carbons (Fsp3) is 0.500. The highest BCUT2D eigenvalue weighted by Gasteiger charge is 2.29. The van der Waals surface area contributed by atoms with E-state index in [4.69, 9.17) is 4.42 Å². The molecule has 29 heavy (non-hydrogen) atoms. The van der Waals surface area contributed by atoms with Gasteiger partial charge in [-0.25, -0.2) is 0 Å². The van der Waals surface area contributed by atoms with Gasteiger partial charge in [0.2, 0.25) is 0 Å². The molecule has 0 spiro atoms. The molecule has 0 aliphatic carbocycles. The van der Waals surface area contributed by atoms with Gasteiger partial charge in [-0.1, -0.05) is 30.3 Å². The second kappa shape index (κ2) is 11.6. The van der Waals surface area contributed by atoms with E-state index in [0.717, 1.165) is 37.8 Å². The highest BCUT2D eigenvalue weighted by molar-refractivity contribution is 14.0. The number of nitrogens with zero attached hydrogens (tertiary/aromatic N) is 3. The van der Waals surface area contributed by atoms with Crippen molar-refractivity contribution in [2.75, 3.05) is 34.2 Å². The number of likely N-dealkylation sites (tertiary alicyclic amines) is 1. The van der Waals surface area contributed by atoms with Gasteiger partial charge in [0.15, 0.2) is 5.96 Å². The number of halogens is 1. The van der Waals surface area contributed by atoms with Gasteiger partial charge in [0.05, 0.1) is 12.3 Å². The van der Waals surface area contributed by atoms with Crippen molar-refractivity contribution in [3.8, 4) is 0 Å². The molecule has 1 aliphatic rings. The molecule has 1 fully saturated rings. The lowest BCUT2D eigenvalue weighted by molar-refractivity contribution is 0.256. The molecule has 3 rings (SSSR count). The Bertz CT molecular complexity index is 735. The number of aliphatic imine (C=N–C) groups is 1. The van der Waals surface area contributed by atoms with Crippen molar-refractivity contribution in [2.45, 2.75) is 38.0 Å². The summed E-state index contributed by atoms with van der Waals surface area (Å²) in [4.78, 5) is 9.11. The smallest absolute Gasteiger partial charge is 0.191 e. The van der Waals surface area contributed by atoms with E-state index >= 15 is 0 Å². The standard InChI is InChI=1S/C22H33N5O.HI/c1-17-13-19(16-27(17)15-18-9-6-5-7-10-18)25-22(23-2)24-14-20(26(3)4)21-11-8-12-28-21;/h5-12,17,19-20H,13-16H2,1-4H3,(H2,23,24,25);1H. The summed E-state index contributed by atoms with van der Waals surface area (Å²) in [6, 6.07) is 15.7. The van der Waals surface area contributed by atoms with Crippen molar-refractivity contribution < 1.29 is 4.42 Å². The minimum Gasteiger partial charge on any atom is -0.468 e. The van der Waals surface area contributed by atoms with E-state index in [1.807, 2.05) is 19.2 Å². The largest absolute Gasteiger partial charge is 0.468 e. The van der Waals surface area contributed by atoms with Crippen molar-refractivity contribution >= 4 is 29.9 Å². The van der Waals surface area contributed by atoms with Gasteiger partial charge in [0.1, 0.15) is 5.76 Å². The first-order valence-corrected chi connectivity index (χ1v) is 10.0. The Kier molecular flexibility index (Phi) is 9.45. The van der Waals surface area contributed by atoms with Crippen molar-refractivity contribution in [3.05, 3.63) is 60.1 Å². The number of likely N-dealkylation sites (N-methyl/N-ethyl adjacent to an activating group) is 1. The van der Waals surface area contributed by atoms with Crippen LogP contribution in [0.25, 0.3) is 0 Å².